The van der Waals surface area contributed by atoms with Crippen molar-refractivity contribution in [3.63, 3.8) is 0 Å². The lowest BCUT2D eigenvalue weighted by Crippen LogP contribution is -2.04. The van der Waals surface area contributed by atoms with Crippen molar-refractivity contribution in [3.05, 3.63) is 55.5 Å². The highest BCUT2D eigenvalue weighted by Crippen LogP contribution is 2.47. The van der Waals surface area contributed by atoms with Gasteiger partial charge >= 0.3 is 0 Å². The summed E-state index contributed by atoms with van der Waals surface area (Å²) in [7, 11) is 0. The van der Waals surface area contributed by atoms with Crippen LogP contribution in [0.3, 0.4) is 0 Å². The number of benzene rings is 2. The van der Waals surface area contributed by atoms with Gasteiger partial charge in [-0.05, 0) is 12.1 Å². The lowest BCUT2D eigenvalue weighted by Gasteiger charge is -2.12. The van der Waals surface area contributed by atoms with Gasteiger partial charge in [0.1, 0.15) is 10.0 Å². The van der Waals surface area contributed by atoms with E-state index in [0.29, 0.717) is 0 Å². The smallest absolute Gasteiger partial charge is 0.199 e. The zero-order chi connectivity index (χ0) is 15.0. The lowest BCUT2D eigenvalue weighted by molar-refractivity contribution is 0.103. The maximum atomic E-state index is 12.4. The number of ketones is 1. The first-order valence-electron chi connectivity index (χ1n) is 5.23. The van der Waals surface area contributed by atoms with Crippen LogP contribution in [0.4, 0.5) is 0 Å². The monoisotopic (exact) mass is 350 g/mol. The average molecular weight is 352 g/mol. The number of phenols is 2. The Morgan fingerprint density at radius 3 is 2.05 bits per heavy atom. The highest BCUT2D eigenvalue weighted by molar-refractivity contribution is 6.48. The summed E-state index contributed by atoms with van der Waals surface area (Å²) in [4.78, 5) is 12.4. The maximum absolute atomic E-state index is 12.4. The molecule has 2 N–H and O–H groups in total. The predicted octanol–water partition coefficient (Wildman–Crippen LogP) is 4.94. The molecule has 2 rings (SSSR count). The molecule has 0 saturated heterocycles. The van der Waals surface area contributed by atoms with Gasteiger partial charge in [0.15, 0.2) is 17.3 Å². The molecule has 2 aromatic rings. The molecule has 0 amide bonds. The van der Waals surface area contributed by atoms with E-state index in [4.69, 9.17) is 46.4 Å². The number of rotatable bonds is 2. The van der Waals surface area contributed by atoms with Gasteiger partial charge < -0.3 is 10.2 Å². The fourth-order valence-electron chi connectivity index (χ4n) is 1.62. The molecular formula is C13H6Cl4O3. The van der Waals surface area contributed by atoms with Crippen molar-refractivity contribution in [1.29, 1.82) is 0 Å². The lowest BCUT2D eigenvalue weighted by atomic mass is 10.0. The van der Waals surface area contributed by atoms with Crippen molar-refractivity contribution in [3.8, 4) is 11.5 Å². The first-order chi connectivity index (χ1) is 9.36. The van der Waals surface area contributed by atoms with Crippen molar-refractivity contribution < 1.29 is 15.0 Å². The molecule has 0 aliphatic rings. The van der Waals surface area contributed by atoms with Crippen LogP contribution in [0.2, 0.25) is 20.1 Å². The number of carbonyl (C=O) groups is 1. The second kappa shape index (κ2) is 5.70. The summed E-state index contributed by atoms with van der Waals surface area (Å²) in [5.74, 6) is -1.89. The Morgan fingerprint density at radius 1 is 0.850 bits per heavy atom. The van der Waals surface area contributed by atoms with Gasteiger partial charge in [0.05, 0.1) is 15.6 Å². The number of hydrogen-bond acceptors (Lipinski definition) is 3. The number of phenolic OH excluding ortho intramolecular Hbond substituents is 2. The van der Waals surface area contributed by atoms with Gasteiger partial charge in [-0.2, -0.15) is 0 Å². The Labute approximate surface area is 134 Å². The fraction of sp³-hybridized carbons (Fsp3) is 0. The van der Waals surface area contributed by atoms with E-state index in [1.807, 2.05) is 0 Å². The molecule has 0 saturated carbocycles. The summed E-state index contributed by atoms with van der Waals surface area (Å²) in [6.45, 7) is 0. The molecule has 3 nitrogen and oxygen atoms in total. The molecule has 0 atom stereocenters. The summed E-state index contributed by atoms with van der Waals surface area (Å²) in [6, 6.07) is 6.24. The number of aromatic hydroxyl groups is 2. The van der Waals surface area contributed by atoms with Crippen molar-refractivity contribution in [1.82, 2.24) is 0 Å². The zero-order valence-corrected chi connectivity index (χ0v) is 12.6. The summed E-state index contributed by atoms with van der Waals surface area (Å²) in [5, 5.41) is 18.6. The third-order valence-corrected chi connectivity index (χ3v) is 4.15. The van der Waals surface area contributed by atoms with Crippen LogP contribution in [-0.4, -0.2) is 16.0 Å². The third kappa shape index (κ3) is 2.42. The second-order valence-electron chi connectivity index (χ2n) is 3.82. The highest BCUT2D eigenvalue weighted by atomic mass is 35.5. The molecular weight excluding hydrogens is 346 g/mol. The molecule has 0 aliphatic carbocycles. The molecule has 0 spiro atoms. The van der Waals surface area contributed by atoms with Crippen LogP contribution < -0.4 is 0 Å². The van der Waals surface area contributed by atoms with E-state index in [0.717, 1.165) is 0 Å². The molecule has 0 aromatic heterocycles. The Bertz CT molecular complexity index is 684. The summed E-state index contributed by atoms with van der Waals surface area (Å²) < 4.78 is 0. The van der Waals surface area contributed by atoms with Gasteiger partial charge in [-0.3, -0.25) is 4.79 Å². The molecule has 2 aromatic carbocycles. The number of hydrogen-bond donors (Lipinski definition) is 2. The second-order valence-corrected chi connectivity index (χ2v) is 5.36. The van der Waals surface area contributed by atoms with Crippen molar-refractivity contribution in [2.24, 2.45) is 0 Å². The van der Waals surface area contributed by atoms with E-state index >= 15 is 0 Å². The van der Waals surface area contributed by atoms with E-state index in [1.165, 1.54) is 12.1 Å². The minimum Gasteiger partial charge on any atom is -0.505 e. The minimum atomic E-state index is -0.651. The van der Waals surface area contributed by atoms with Gasteiger partial charge in [0.25, 0.3) is 0 Å². The van der Waals surface area contributed by atoms with Crippen LogP contribution in [0.25, 0.3) is 0 Å². The quantitative estimate of drug-likeness (QED) is 0.595. The standard InChI is InChI=1S/C13H6Cl4O3/c14-6-4-2-1-3-5(6)11(18)7-8(15)9(16)13(20)10(17)12(7)19/h1-4,19-20H. The molecule has 0 fully saturated rings. The Balaban J connectivity index is 2.71. The van der Waals surface area contributed by atoms with Crippen LogP contribution >= 0.6 is 46.4 Å². The number of carbonyl (C=O) groups excluding carboxylic acids is 1. The third-order valence-electron chi connectivity index (χ3n) is 2.62. The van der Waals surface area contributed by atoms with Crippen LogP contribution in [0.1, 0.15) is 15.9 Å². The topological polar surface area (TPSA) is 57.5 Å². The van der Waals surface area contributed by atoms with E-state index in [2.05, 4.69) is 0 Å². The normalized spacial score (nSPS) is 10.6. The first-order valence-corrected chi connectivity index (χ1v) is 6.75. The number of halogens is 4. The van der Waals surface area contributed by atoms with Gasteiger partial charge in [-0.1, -0.05) is 58.5 Å². The van der Waals surface area contributed by atoms with Crippen LogP contribution in [0, 0.1) is 0 Å². The fourth-order valence-corrected chi connectivity index (χ4v) is 2.54. The predicted molar refractivity (Wildman–Crippen MR) is 79.7 cm³/mol. The van der Waals surface area contributed by atoms with Crippen LogP contribution in [-0.2, 0) is 0 Å². The van der Waals surface area contributed by atoms with Crippen LogP contribution in [0.5, 0.6) is 11.5 Å². The largest absolute Gasteiger partial charge is 0.505 e. The Hall–Kier alpha value is -1.13. The summed E-state index contributed by atoms with van der Waals surface area (Å²) in [5.41, 5.74) is -0.184. The van der Waals surface area contributed by atoms with Gasteiger partial charge in [0.2, 0.25) is 0 Å². The molecule has 0 aliphatic heterocycles. The molecule has 20 heavy (non-hydrogen) atoms. The van der Waals surface area contributed by atoms with E-state index in [1.54, 1.807) is 12.1 Å². The van der Waals surface area contributed by atoms with E-state index < -0.39 is 22.3 Å². The maximum Gasteiger partial charge on any atom is 0.199 e. The zero-order valence-electron chi connectivity index (χ0n) is 9.62. The SMILES string of the molecule is O=C(c1ccccc1Cl)c1c(O)c(Cl)c(O)c(Cl)c1Cl. The molecule has 0 bridgehead atoms. The first kappa shape index (κ1) is 15.3. The van der Waals surface area contributed by atoms with E-state index in [-0.39, 0.29) is 26.2 Å². The summed E-state index contributed by atoms with van der Waals surface area (Å²) >= 11 is 23.3. The van der Waals surface area contributed by atoms with Crippen molar-refractivity contribution in [2.45, 2.75) is 0 Å². The molecule has 0 unspecified atom stereocenters. The van der Waals surface area contributed by atoms with Crippen LogP contribution in [0.15, 0.2) is 24.3 Å². The Kier molecular flexibility index (Phi) is 4.35. The highest BCUT2D eigenvalue weighted by Gasteiger charge is 2.27. The van der Waals surface area contributed by atoms with Gasteiger partial charge in [0, 0.05) is 5.56 Å². The molecule has 0 radical (unpaired) electrons. The van der Waals surface area contributed by atoms with Gasteiger partial charge in [-0.25, -0.2) is 0 Å². The van der Waals surface area contributed by atoms with Crippen molar-refractivity contribution >= 4 is 52.2 Å². The van der Waals surface area contributed by atoms with Crippen molar-refractivity contribution in [2.75, 3.05) is 0 Å². The summed E-state index contributed by atoms with van der Waals surface area (Å²) in [6.07, 6.45) is 0. The molecule has 0 heterocycles. The van der Waals surface area contributed by atoms with Gasteiger partial charge in [-0.15, -0.1) is 0 Å². The average Bonchev–Trinajstić information content (AvgIpc) is 2.43. The van der Waals surface area contributed by atoms with E-state index in [9.17, 15) is 15.0 Å². The minimum absolute atomic E-state index is 0.129. The molecule has 7 heteroatoms. The Morgan fingerprint density at radius 2 is 1.45 bits per heavy atom. The molecule has 104 valence electrons.